The highest BCUT2D eigenvalue weighted by molar-refractivity contribution is 6.00. The molecule has 2 rings (SSSR count). The number of rotatable bonds is 9. The van der Waals surface area contributed by atoms with Gasteiger partial charge in [0.1, 0.15) is 0 Å². The van der Waals surface area contributed by atoms with Gasteiger partial charge >= 0.3 is 0 Å². The number of hydrogen-bond acceptors (Lipinski definition) is 1. The van der Waals surface area contributed by atoms with Crippen LogP contribution in [0.2, 0.25) is 0 Å². The van der Waals surface area contributed by atoms with Gasteiger partial charge in [-0.25, -0.2) is 0 Å². The number of unbranched alkanes of at least 4 members (excludes halogenated alkanes) is 4. The minimum absolute atomic E-state index is 0.226. The van der Waals surface area contributed by atoms with Crippen LogP contribution in [0.4, 0.5) is 0 Å². The van der Waals surface area contributed by atoms with Crippen molar-refractivity contribution in [3.8, 4) is 0 Å². The van der Waals surface area contributed by atoms with Gasteiger partial charge in [-0.2, -0.15) is 0 Å². The van der Waals surface area contributed by atoms with Crippen molar-refractivity contribution in [2.75, 3.05) is 0 Å². The van der Waals surface area contributed by atoms with Crippen LogP contribution in [0.5, 0.6) is 0 Å². The van der Waals surface area contributed by atoms with Crippen LogP contribution in [-0.4, -0.2) is 5.78 Å². The molecule has 0 atom stereocenters. The van der Waals surface area contributed by atoms with Gasteiger partial charge in [-0.05, 0) is 29.2 Å². The third-order valence-electron chi connectivity index (χ3n) is 4.00. The summed E-state index contributed by atoms with van der Waals surface area (Å²) in [5.41, 5.74) is 3.21. The summed E-state index contributed by atoms with van der Waals surface area (Å²) in [5.74, 6) is 0.226. The van der Waals surface area contributed by atoms with Gasteiger partial charge in [0.05, 0.1) is 0 Å². The maximum atomic E-state index is 12.4. The summed E-state index contributed by atoms with van der Waals surface area (Å²) >= 11 is 0. The van der Waals surface area contributed by atoms with E-state index in [1.807, 2.05) is 42.5 Å². The molecule has 2 aromatic carbocycles. The molecule has 0 aromatic heterocycles. The van der Waals surface area contributed by atoms with Crippen LogP contribution in [0.25, 0.3) is 5.57 Å². The molecule has 0 spiro atoms. The Hall–Kier alpha value is -2.15. The molecular formula is C22H26O. The maximum Gasteiger partial charge on any atom is 0.156 e. The van der Waals surface area contributed by atoms with E-state index >= 15 is 0 Å². The molecule has 1 nitrogen and oxygen atoms in total. The molecule has 0 aliphatic carbocycles. The molecule has 2 aromatic rings. The van der Waals surface area contributed by atoms with Gasteiger partial charge in [0.15, 0.2) is 5.78 Å². The van der Waals surface area contributed by atoms with Crippen LogP contribution in [0, 0.1) is 0 Å². The number of benzene rings is 2. The second-order valence-corrected chi connectivity index (χ2v) is 5.92. The van der Waals surface area contributed by atoms with Crippen molar-refractivity contribution in [3.63, 3.8) is 0 Å². The smallest absolute Gasteiger partial charge is 0.156 e. The average Bonchev–Trinajstić information content (AvgIpc) is 2.61. The molecule has 0 bridgehead atoms. The SMILES string of the molecule is CCCCCCCC(=O)C=C(c1ccccc1)c1ccccc1. The molecule has 120 valence electrons. The molecule has 0 heterocycles. The topological polar surface area (TPSA) is 17.1 Å². The van der Waals surface area contributed by atoms with Gasteiger partial charge in [-0.3, -0.25) is 4.79 Å². The normalized spacial score (nSPS) is 10.3. The van der Waals surface area contributed by atoms with E-state index in [-0.39, 0.29) is 5.78 Å². The fourth-order valence-corrected chi connectivity index (χ4v) is 2.70. The van der Waals surface area contributed by atoms with Gasteiger partial charge in [0, 0.05) is 6.42 Å². The van der Waals surface area contributed by atoms with Crippen LogP contribution in [-0.2, 0) is 4.79 Å². The fourth-order valence-electron chi connectivity index (χ4n) is 2.70. The molecule has 0 saturated carbocycles. The van der Waals surface area contributed by atoms with E-state index in [1.54, 1.807) is 0 Å². The zero-order valence-corrected chi connectivity index (χ0v) is 14.0. The summed E-state index contributed by atoms with van der Waals surface area (Å²) in [4.78, 5) is 12.4. The fraction of sp³-hybridized carbons (Fsp3) is 0.318. The van der Waals surface area contributed by atoms with E-state index in [1.165, 1.54) is 19.3 Å². The number of allylic oxidation sites excluding steroid dienone is 1. The summed E-state index contributed by atoms with van der Waals surface area (Å²) in [6, 6.07) is 20.3. The van der Waals surface area contributed by atoms with E-state index < -0.39 is 0 Å². The van der Waals surface area contributed by atoms with Crippen molar-refractivity contribution in [3.05, 3.63) is 77.9 Å². The predicted molar refractivity (Wildman–Crippen MR) is 98.3 cm³/mol. The lowest BCUT2D eigenvalue weighted by atomic mass is 9.96. The summed E-state index contributed by atoms with van der Waals surface area (Å²) in [5, 5.41) is 0. The van der Waals surface area contributed by atoms with Gasteiger partial charge in [0.25, 0.3) is 0 Å². The molecule has 0 unspecified atom stereocenters. The summed E-state index contributed by atoms with van der Waals surface area (Å²) in [6.45, 7) is 2.21. The first-order valence-electron chi connectivity index (χ1n) is 8.66. The molecule has 1 heteroatoms. The zero-order valence-electron chi connectivity index (χ0n) is 14.0. The first-order valence-corrected chi connectivity index (χ1v) is 8.66. The highest BCUT2D eigenvalue weighted by Crippen LogP contribution is 2.23. The first-order chi connectivity index (χ1) is 11.3. The van der Waals surface area contributed by atoms with Gasteiger partial charge in [-0.1, -0.05) is 93.3 Å². The molecule has 23 heavy (non-hydrogen) atoms. The van der Waals surface area contributed by atoms with Crippen molar-refractivity contribution in [2.24, 2.45) is 0 Å². The number of hydrogen-bond donors (Lipinski definition) is 0. The third kappa shape index (κ3) is 5.86. The maximum absolute atomic E-state index is 12.4. The largest absolute Gasteiger partial charge is 0.295 e. The lowest BCUT2D eigenvalue weighted by molar-refractivity contribution is -0.114. The standard InChI is InChI=1S/C22H26O/c1-2-3-4-5-12-17-21(23)18-22(19-13-8-6-9-14-19)20-15-10-7-11-16-20/h6-11,13-16,18H,2-5,12,17H2,1H3. The molecule has 0 fully saturated rings. The van der Waals surface area contributed by atoms with Gasteiger partial charge in [-0.15, -0.1) is 0 Å². The monoisotopic (exact) mass is 306 g/mol. The van der Waals surface area contributed by atoms with E-state index in [0.717, 1.165) is 29.5 Å². The predicted octanol–water partition coefficient (Wildman–Crippen LogP) is 6.05. The molecular weight excluding hydrogens is 280 g/mol. The molecule has 0 radical (unpaired) electrons. The van der Waals surface area contributed by atoms with Gasteiger partial charge in [0.2, 0.25) is 0 Å². The van der Waals surface area contributed by atoms with Crippen LogP contribution in [0.15, 0.2) is 66.7 Å². The highest BCUT2D eigenvalue weighted by atomic mass is 16.1. The molecule has 0 N–H and O–H groups in total. The Morgan fingerprint density at radius 1 is 0.783 bits per heavy atom. The first kappa shape index (κ1) is 17.2. The summed E-state index contributed by atoms with van der Waals surface area (Å²) in [6.07, 6.45) is 8.35. The van der Waals surface area contributed by atoms with Crippen LogP contribution >= 0.6 is 0 Å². The Balaban J connectivity index is 2.10. The Kier molecular flexibility index (Phi) is 7.32. The third-order valence-corrected chi connectivity index (χ3v) is 4.00. The van der Waals surface area contributed by atoms with E-state index in [0.29, 0.717) is 6.42 Å². The lowest BCUT2D eigenvalue weighted by Gasteiger charge is -2.08. The molecule has 0 saturated heterocycles. The molecule has 0 aliphatic heterocycles. The summed E-state index contributed by atoms with van der Waals surface area (Å²) in [7, 11) is 0. The highest BCUT2D eigenvalue weighted by Gasteiger charge is 2.07. The molecule has 0 amide bonds. The van der Waals surface area contributed by atoms with Crippen LogP contribution in [0.1, 0.15) is 56.6 Å². The Morgan fingerprint density at radius 2 is 1.30 bits per heavy atom. The average molecular weight is 306 g/mol. The summed E-state index contributed by atoms with van der Waals surface area (Å²) < 4.78 is 0. The van der Waals surface area contributed by atoms with Crippen molar-refractivity contribution in [2.45, 2.75) is 45.4 Å². The van der Waals surface area contributed by atoms with E-state index in [2.05, 4.69) is 31.2 Å². The molecule has 0 aliphatic rings. The van der Waals surface area contributed by atoms with E-state index in [4.69, 9.17) is 0 Å². The minimum Gasteiger partial charge on any atom is -0.295 e. The van der Waals surface area contributed by atoms with E-state index in [9.17, 15) is 4.79 Å². The van der Waals surface area contributed by atoms with Gasteiger partial charge < -0.3 is 0 Å². The van der Waals surface area contributed by atoms with Crippen LogP contribution in [0.3, 0.4) is 0 Å². The van der Waals surface area contributed by atoms with Crippen molar-refractivity contribution in [1.82, 2.24) is 0 Å². The Morgan fingerprint density at radius 3 is 1.83 bits per heavy atom. The quantitative estimate of drug-likeness (QED) is 0.407. The Bertz CT molecular complexity index is 569. The second kappa shape index (κ2) is 9.78. The van der Waals surface area contributed by atoms with Crippen molar-refractivity contribution < 1.29 is 4.79 Å². The minimum atomic E-state index is 0.226. The number of ketones is 1. The Labute approximate surface area is 140 Å². The number of carbonyl (C=O) groups excluding carboxylic acids is 1. The lowest BCUT2D eigenvalue weighted by Crippen LogP contribution is -1.97. The number of carbonyl (C=O) groups is 1. The van der Waals surface area contributed by atoms with Crippen molar-refractivity contribution >= 4 is 11.4 Å². The zero-order chi connectivity index (χ0) is 16.3. The second-order valence-electron chi connectivity index (χ2n) is 5.92. The van der Waals surface area contributed by atoms with Crippen molar-refractivity contribution in [1.29, 1.82) is 0 Å². The van der Waals surface area contributed by atoms with Crippen LogP contribution < -0.4 is 0 Å².